The minimum absolute atomic E-state index is 0.0797. The van der Waals surface area contributed by atoms with Crippen LogP contribution in [-0.4, -0.2) is 36.4 Å². The normalized spacial score (nSPS) is 18.2. The number of rotatable bonds is 8. The summed E-state index contributed by atoms with van der Waals surface area (Å²) < 4.78 is 42.5. The standard InChI is InChI=1S/C31H32FN3O5S/c1-18-15-23(31(37)38)8-14-27(18)29-16-22-7-13-26(17-28(22)34-29)41(39,40)35-25-11-5-21(6-12-25)30(36)33-19(2)20-3-9-24(32)10-4-20/h3-4,7-10,13-17,19,21,25,34-35H,5-6,11-12H2,1-2H3,(H,33,36)(H,37,38)/t19-,21?,25?/m1/s1. The summed E-state index contributed by atoms with van der Waals surface area (Å²) >= 11 is 0. The number of carbonyl (C=O) groups is 2. The fraction of sp³-hybridized carbons (Fsp3) is 0.290. The van der Waals surface area contributed by atoms with Crippen LogP contribution in [0.1, 0.15) is 60.1 Å². The quantitative estimate of drug-likeness (QED) is 0.214. The molecule has 0 unspecified atom stereocenters. The number of nitrogens with one attached hydrogen (secondary N) is 3. The number of sulfonamides is 1. The third kappa shape index (κ3) is 6.34. The van der Waals surface area contributed by atoms with Crippen LogP contribution in [0.25, 0.3) is 22.2 Å². The van der Waals surface area contributed by atoms with Gasteiger partial charge in [-0.05, 0) is 93.1 Å². The first-order chi connectivity index (χ1) is 19.5. The van der Waals surface area contributed by atoms with Crippen molar-refractivity contribution in [1.82, 2.24) is 15.0 Å². The molecule has 4 aromatic rings. The Balaban J connectivity index is 1.21. The summed E-state index contributed by atoms with van der Waals surface area (Å²) in [6, 6.07) is 17.2. The minimum atomic E-state index is -3.79. The van der Waals surface area contributed by atoms with Gasteiger partial charge in [-0.1, -0.05) is 24.3 Å². The number of carboxylic acid groups (broad SMARTS) is 1. The highest BCUT2D eigenvalue weighted by molar-refractivity contribution is 7.89. The van der Waals surface area contributed by atoms with Gasteiger partial charge in [-0.2, -0.15) is 0 Å². The molecule has 1 fully saturated rings. The summed E-state index contributed by atoms with van der Waals surface area (Å²) in [5, 5.41) is 13.0. The highest BCUT2D eigenvalue weighted by atomic mass is 32.2. The monoisotopic (exact) mass is 577 g/mol. The van der Waals surface area contributed by atoms with Crippen LogP contribution in [0.2, 0.25) is 0 Å². The molecule has 1 atom stereocenters. The van der Waals surface area contributed by atoms with Crippen LogP contribution in [-0.2, 0) is 14.8 Å². The number of amides is 1. The van der Waals surface area contributed by atoms with Gasteiger partial charge in [0, 0.05) is 34.1 Å². The van der Waals surface area contributed by atoms with Crippen LogP contribution < -0.4 is 10.0 Å². The number of aromatic amines is 1. The molecule has 0 bridgehead atoms. The Morgan fingerprint density at radius 1 is 0.976 bits per heavy atom. The van der Waals surface area contributed by atoms with Crippen LogP contribution in [0.15, 0.2) is 71.6 Å². The fourth-order valence-corrected chi connectivity index (χ4v) is 6.78. The second kappa shape index (κ2) is 11.5. The molecule has 1 saturated carbocycles. The molecule has 3 aromatic carbocycles. The van der Waals surface area contributed by atoms with E-state index in [2.05, 4.69) is 15.0 Å². The maximum atomic E-state index is 13.2. The van der Waals surface area contributed by atoms with Crippen LogP contribution in [0, 0.1) is 18.7 Å². The molecule has 0 aliphatic heterocycles. The van der Waals surface area contributed by atoms with Crippen molar-refractivity contribution >= 4 is 32.8 Å². The SMILES string of the molecule is Cc1cc(C(=O)O)ccc1-c1cc2ccc(S(=O)(=O)NC3CCC(C(=O)N[C@H](C)c4ccc(F)cc4)CC3)cc2[nH]1. The van der Waals surface area contributed by atoms with Gasteiger partial charge in [0.1, 0.15) is 5.82 Å². The number of benzene rings is 3. The Morgan fingerprint density at radius 3 is 2.34 bits per heavy atom. The zero-order valence-corrected chi connectivity index (χ0v) is 23.6. The van der Waals surface area contributed by atoms with Gasteiger partial charge in [-0.25, -0.2) is 22.3 Å². The first-order valence-corrected chi connectivity index (χ1v) is 15.0. The van der Waals surface area contributed by atoms with Gasteiger partial charge in [0.05, 0.1) is 16.5 Å². The predicted octanol–water partition coefficient (Wildman–Crippen LogP) is 5.70. The lowest BCUT2D eigenvalue weighted by Gasteiger charge is -2.29. The van der Waals surface area contributed by atoms with E-state index in [1.165, 1.54) is 12.1 Å². The summed E-state index contributed by atoms with van der Waals surface area (Å²) in [6.45, 7) is 3.68. The molecule has 1 aliphatic rings. The van der Waals surface area contributed by atoms with E-state index in [1.54, 1.807) is 48.5 Å². The lowest BCUT2D eigenvalue weighted by molar-refractivity contribution is -0.126. The van der Waals surface area contributed by atoms with Gasteiger partial charge in [-0.15, -0.1) is 0 Å². The average molecular weight is 578 g/mol. The molecule has 8 nitrogen and oxygen atoms in total. The van der Waals surface area contributed by atoms with E-state index in [4.69, 9.17) is 0 Å². The Labute approximate surface area is 238 Å². The van der Waals surface area contributed by atoms with Gasteiger partial charge >= 0.3 is 5.97 Å². The fourth-order valence-electron chi connectivity index (χ4n) is 5.44. The number of hydrogen-bond acceptors (Lipinski definition) is 4. The van der Waals surface area contributed by atoms with Crippen molar-refractivity contribution in [3.8, 4) is 11.3 Å². The predicted molar refractivity (Wildman–Crippen MR) is 154 cm³/mol. The first kappa shape index (κ1) is 28.5. The van der Waals surface area contributed by atoms with Crippen molar-refractivity contribution in [3.63, 3.8) is 0 Å². The van der Waals surface area contributed by atoms with Gasteiger partial charge in [0.2, 0.25) is 15.9 Å². The molecular formula is C31H32FN3O5S. The van der Waals surface area contributed by atoms with Crippen molar-refractivity contribution < 1.29 is 27.5 Å². The number of aromatic carboxylic acids is 1. The third-order valence-electron chi connectivity index (χ3n) is 7.82. The number of carbonyl (C=O) groups excluding carboxylic acids is 1. The smallest absolute Gasteiger partial charge is 0.335 e. The summed E-state index contributed by atoms with van der Waals surface area (Å²) in [5.74, 6) is -1.61. The highest BCUT2D eigenvalue weighted by Gasteiger charge is 2.30. The Kier molecular flexibility index (Phi) is 7.97. The zero-order valence-electron chi connectivity index (χ0n) is 22.8. The summed E-state index contributed by atoms with van der Waals surface area (Å²) in [5.41, 5.74) is 4.07. The van der Waals surface area contributed by atoms with Crippen molar-refractivity contribution in [2.75, 3.05) is 0 Å². The zero-order chi connectivity index (χ0) is 29.3. The lowest BCUT2D eigenvalue weighted by Crippen LogP contribution is -2.41. The molecule has 0 radical (unpaired) electrons. The summed E-state index contributed by atoms with van der Waals surface area (Å²) in [7, 11) is -3.79. The molecule has 4 N–H and O–H groups in total. The number of carboxylic acids is 1. The maximum Gasteiger partial charge on any atom is 0.335 e. The molecule has 214 valence electrons. The van der Waals surface area contributed by atoms with Gasteiger partial charge in [-0.3, -0.25) is 4.79 Å². The molecule has 1 heterocycles. The van der Waals surface area contributed by atoms with Crippen molar-refractivity contribution in [1.29, 1.82) is 0 Å². The number of halogens is 1. The molecule has 0 saturated heterocycles. The van der Waals surface area contributed by atoms with Gasteiger partial charge in [0.15, 0.2) is 0 Å². The maximum absolute atomic E-state index is 13.2. The third-order valence-corrected chi connectivity index (χ3v) is 9.33. The highest BCUT2D eigenvalue weighted by Crippen LogP contribution is 2.30. The van der Waals surface area contributed by atoms with E-state index >= 15 is 0 Å². The number of H-pyrrole nitrogens is 1. The van der Waals surface area contributed by atoms with Crippen LogP contribution >= 0.6 is 0 Å². The van der Waals surface area contributed by atoms with Crippen LogP contribution in [0.5, 0.6) is 0 Å². The Morgan fingerprint density at radius 2 is 1.68 bits per heavy atom. The van der Waals surface area contributed by atoms with Crippen molar-refractivity contribution in [3.05, 3.63) is 89.2 Å². The second-order valence-electron chi connectivity index (χ2n) is 10.7. The molecule has 1 aliphatic carbocycles. The summed E-state index contributed by atoms with van der Waals surface area (Å²) in [4.78, 5) is 27.5. The molecule has 5 rings (SSSR count). The minimum Gasteiger partial charge on any atom is -0.478 e. The number of aromatic nitrogens is 1. The largest absolute Gasteiger partial charge is 0.478 e. The molecule has 41 heavy (non-hydrogen) atoms. The average Bonchev–Trinajstić information content (AvgIpc) is 3.36. The lowest BCUT2D eigenvalue weighted by atomic mass is 9.85. The number of fused-ring (bicyclic) bond motifs is 1. The van der Waals surface area contributed by atoms with E-state index in [9.17, 15) is 27.5 Å². The molecule has 10 heteroatoms. The summed E-state index contributed by atoms with van der Waals surface area (Å²) in [6.07, 6.45) is 2.22. The van der Waals surface area contributed by atoms with E-state index in [0.717, 1.165) is 27.8 Å². The number of aryl methyl sites for hydroxylation is 1. The van der Waals surface area contributed by atoms with Crippen LogP contribution in [0.3, 0.4) is 0 Å². The molecule has 1 amide bonds. The van der Waals surface area contributed by atoms with E-state index < -0.39 is 16.0 Å². The van der Waals surface area contributed by atoms with Crippen molar-refractivity contribution in [2.24, 2.45) is 5.92 Å². The van der Waals surface area contributed by atoms with Crippen molar-refractivity contribution in [2.45, 2.75) is 56.5 Å². The Hall–Kier alpha value is -4.02. The van der Waals surface area contributed by atoms with Gasteiger partial charge < -0.3 is 15.4 Å². The van der Waals surface area contributed by atoms with E-state index in [1.807, 2.05) is 19.9 Å². The Bertz CT molecular complexity index is 1710. The molecule has 1 aromatic heterocycles. The molecule has 0 spiro atoms. The van der Waals surface area contributed by atoms with Crippen LogP contribution in [0.4, 0.5) is 4.39 Å². The topological polar surface area (TPSA) is 128 Å². The van der Waals surface area contributed by atoms with Gasteiger partial charge in [0.25, 0.3) is 0 Å². The second-order valence-corrected chi connectivity index (χ2v) is 12.4. The van der Waals surface area contributed by atoms with E-state index in [-0.39, 0.29) is 40.2 Å². The first-order valence-electron chi connectivity index (χ1n) is 13.6. The van der Waals surface area contributed by atoms with E-state index in [0.29, 0.717) is 31.2 Å². The number of hydrogen-bond donors (Lipinski definition) is 4. The molecular weight excluding hydrogens is 545 g/mol.